The molecular weight excluding hydrogens is 416 g/mol. The lowest BCUT2D eigenvalue weighted by atomic mass is 10.0. The van der Waals surface area contributed by atoms with Crippen LogP contribution in [-0.2, 0) is 0 Å². The molecule has 3 aromatic rings. The minimum Gasteiger partial charge on any atom is -0.430 e. The number of aliphatic imine (C=N–C) groups is 1. The minimum atomic E-state index is 0.0615. The van der Waals surface area contributed by atoms with Crippen LogP contribution >= 0.6 is 23.1 Å². The predicted octanol–water partition coefficient (Wildman–Crippen LogP) is 6.66. The standard InChI is InChI=1S/C23H27ClN4OS/c1-13(2)21(25-6)26-19-11-15(4)20(12-14(19)3)29-23-27-22(28-30-23)16(5)17-7-9-18(24)10-8-17/h7-13,16H,1-6H3,(H,25,26). The molecule has 1 aromatic heterocycles. The summed E-state index contributed by atoms with van der Waals surface area (Å²) in [5.74, 6) is 2.85. The summed E-state index contributed by atoms with van der Waals surface area (Å²) < 4.78 is 10.6. The maximum Gasteiger partial charge on any atom is 0.298 e. The number of ether oxygens (including phenoxy) is 1. The molecule has 1 atom stereocenters. The summed E-state index contributed by atoms with van der Waals surface area (Å²) in [6.45, 7) is 10.4. The third kappa shape index (κ3) is 5.18. The van der Waals surface area contributed by atoms with Gasteiger partial charge < -0.3 is 10.1 Å². The number of rotatable bonds is 6. The van der Waals surface area contributed by atoms with Crippen LogP contribution in [0.1, 0.15) is 49.2 Å². The smallest absolute Gasteiger partial charge is 0.298 e. The molecule has 5 nitrogen and oxygen atoms in total. The molecule has 158 valence electrons. The van der Waals surface area contributed by atoms with Gasteiger partial charge in [-0.1, -0.05) is 44.5 Å². The molecule has 30 heavy (non-hydrogen) atoms. The molecule has 0 saturated heterocycles. The van der Waals surface area contributed by atoms with Gasteiger partial charge in [-0.05, 0) is 54.8 Å². The zero-order valence-corrected chi connectivity index (χ0v) is 19.7. The zero-order chi connectivity index (χ0) is 21.8. The van der Waals surface area contributed by atoms with E-state index in [9.17, 15) is 0 Å². The fourth-order valence-electron chi connectivity index (χ4n) is 3.04. The number of nitrogens with zero attached hydrogens (tertiary/aromatic N) is 3. The maximum atomic E-state index is 6.07. The van der Waals surface area contributed by atoms with Crippen molar-refractivity contribution in [2.45, 2.75) is 40.5 Å². The van der Waals surface area contributed by atoms with Gasteiger partial charge in [0.15, 0.2) is 5.82 Å². The van der Waals surface area contributed by atoms with E-state index < -0.39 is 0 Å². The number of nitrogens with one attached hydrogen (secondary N) is 1. The van der Waals surface area contributed by atoms with E-state index in [-0.39, 0.29) is 5.92 Å². The van der Waals surface area contributed by atoms with Crippen molar-refractivity contribution in [3.63, 3.8) is 0 Å². The summed E-state index contributed by atoms with van der Waals surface area (Å²) in [5.41, 5.74) is 4.10. The van der Waals surface area contributed by atoms with E-state index in [4.69, 9.17) is 21.3 Å². The van der Waals surface area contributed by atoms with Crippen molar-refractivity contribution in [2.75, 3.05) is 7.05 Å². The van der Waals surface area contributed by atoms with Crippen molar-refractivity contribution >= 4 is 34.7 Å². The Morgan fingerprint density at radius 3 is 2.43 bits per heavy atom. The van der Waals surface area contributed by atoms with E-state index in [1.54, 1.807) is 0 Å². The number of hydrogen-bond donors (Lipinski definition) is 1. The van der Waals surface area contributed by atoms with Gasteiger partial charge in [0, 0.05) is 35.4 Å². The first kappa shape index (κ1) is 22.2. The Kier molecular flexibility index (Phi) is 7.10. The van der Waals surface area contributed by atoms with E-state index in [0.29, 0.717) is 11.1 Å². The second-order valence-corrected chi connectivity index (χ2v) is 8.75. The molecule has 7 heteroatoms. The van der Waals surface area contributed by atoms with Crippen LogP contribution in [0.5, 0.6) is 10.9 Å². The topological polar surface area (TPSA) is 59.4 Å². The predicted molar refractivity (Wildman–Crippen MR) is 126 cm³/mol. The summed E-state index contributed by atoms with van der Waals surface area (Å²) in [7, 11) is 1.90. The molecule has 2 aromatic carbocycles. The van der Waals surface area contributed by atoms with Crippen LogP contribution in [0.2, 0.25) is 5.02 Å². The molecule has 0 aliphatic heterocycles. The van der Waals surface area contributed by atoms with E-state index >= 15 is 0 Å². The van der Waals surface area contributed by atoms with Gasteiger partial charge in [-0.15, -0.1) is 0 Å². The minimum absolute atomic E-state index is 0.0615. The third-order valence-electron chi connectivity index (χ3n) is 4.92. The molecular formula is C23H27ClN4OS. The number of halogens is 1. The van der Waals surface area contributed by atoms with E-state index in [2.05, 4.69) is 35.4 Å². The lowest BCUT2D eigenvalue weighted by Crippen LogP contribution is -2.23. The second-order valence-electron chi connectivity index (χ2n) is 7.60. The molecule has 0 spiro atoms. The molecule has 3 rings (SSSR count). The van der Waals surface area contributed by atoms with Crippen LogP contribution in [0.25, 0.3) is 0 Å². The Bertz CT molecular complexity index is 1040. The zero-order valence-electron chi connectivity index (χ0n) is 18.2. The first-order valence-corrected chi connectivity index (χ1v) is 11.1. The lowest BCUT2D eigenvalue weighted by molar-refractivity contribution is 0.472. The molecule has 1 N–H and O–H groups in total. The number of aromatic nitrogens is 2. The highest BCUT2D eigenvalue weighted by Crippen LogP contribution is 2.34. The molecule has 1 unspecified atom stereocenters. The second kappa shape index (κ2) is 9.58. The molecule has 1 heterocycles. The Morgan fingerprint density at radius 2 is 1.80 bits per heavy atom. The fraction of sp³-hybridized carbons (Fsp3) is 0.348. The monoisotopic (exact) mass is 442 g/mol. The van der Waals surface area contributed by atoms with Crippen LogP contribution in [0.3, 0.4) is 0 Å². The number of hydrogen-bond acceptors (Lipinski definition) is 5. The lowest BCUT2D eigenvalue weighted by Gasteiger charge is -2.13. The van der Waals surface area contributed by atoms with Gasteiger partial charge in [0.05, 0.1) is 5.69 Å². The molecule has 0 aliphatic carbocycles. The number of aryl methyl sites for hydroxylation is 2. The number of amidine groups is 1. The molecule has 0 aliphatic rings. The van der Waals surface area contributed by atoms with Crippen molar-refractivity contribution in [1.82, 2.24) is 14.7 Å². The molecule has 0 bridgehead atoms. The third-order valence-corrected chi connectivity index (χ3v) is 5.78. The van der Waals surface area contributed by atoms with Gasteiger partial charge in [0.25, 0.3) is 5.19 Å². The van der Waals surface area contributed by atoms with Gasteiger partial charge >= 0.3 is 0 Å². The molecule has 0 radical (unpaired) electrons. The van der Waals surface area contributed by atoms with Gasteiger partial charge in [0.1, 0.15) is 11.6 Å². The largest absolute Gasteiger partial charge is 0.430 e. The normalized spacial score (nSPS) is 12.9. The first-order valence-electron chi connectivity index (χ1n) is 9.93. The van der Waals surface area contributed by atoms with Crippen molar-refractivity contribution in [3.05, 3.63) is 63.9 Å². The van der Waals surface area contributed by atoms with Crippen LogP contribution < -0.4 is 10.1 Å². The van der Waals surface area contributed by atoms with Crippen molar-refractivity contribution in [3.8, 4) is 10.9 Å². The first-order chi connectivity index (χ1) is 14.3. The quantitative estimate of drug-likeness (QED) is 0.342. The molecule has 0 fully saturated rings. The van der Waals surface area contributed by atoms with E-state index in [1.807, 2.05) is 57.3 Å². The summed E-state index contributed by atoms with van der Waals surface area (Å²) >= 11 is 7.25. The van der Waals surface area contributed by atoms with Crippen LogP contribution in [-0.4, -0.2) is 22.2 Å². The highest BCUT2D eigenvalue weighted by molar-refractivity contribution is 7.07. The van der Waals surface area contributed by atoms with E-state index in [0.717, 1.165) is 44.8 Å². The Hall–Kier alpha value is -2.44. The average Bonchev–Trinajstić information content (AvgIpc) is 3.17. The number of benzene rings is 2. The summed E-state index contributed by atoms with van der Waals surface area (Å²) in [6.07, 6.45) is 0. The molecule has 0 amide bonds. The maximum absolute atomic E-state index is 6.07. The summed E-state index contributed by atoms with van der Waals surface area (Å²) in [5, 5.41) is 4.42. The SMILES string of the molecule is CNC(=Nc1cc(C)c(Oc2nc(C(C)c3ccc(Cl)cc3)ns2)cc1C)C(C)C. The van der Waals surface area contributed by atoms with Crippen molar-refractivity contribution in [1.29, 1.82) is 0 Å². The van der Waals surface area contributed by atoms with Crippen LogP contribution in [0, 0.1) is 19.8 Å². The molecule has 0 saturated carbocycles. The summed E-state index contributed by atoms with van der Waals surface area (Å²) in [4.78, 5) is 9.36. The highest BCUT2D eigenvalue weighted by Gasteiger charge is 2.16. The Labute approximate surface area is 187 Å². The average molecular weight is 443 g/mol. The van der Waals surface area contributed by atoms with Crippen molar-refractivity contribution < 1.29 is 4.74 Å². The Balaban J connectivity index is 1.80. The Morgan fingerprint density at radius 1 is 1.10 bits per heavy atom. The van der Waals surface area contributed by atoms with Crippen molar-refractivity contribution in [2.24, 2.45) is 10.9 Å². The van der Waals surface area contributed by atoms with Crippen LogP contribution in [0.15, 0.2) is 41.4 Å². The van der Waals surface area contributed by atoms with Gasteiger partial charge in [0.2, 0.25) is 0 Å². The summed E-state index contributed by atoms with van der Waals surface area (Å²) in [6, 6.07) is 11.8. The highest BCUT2D eigenvalue weighted by atomic mass is 35.5. The van der Waals surface area contributed by atoms with E-state index in [1.165, 1.54) is 11.5 Å². The fourth-order valence-corrected chi connectivity index (χ4v) is 3.80. The van der Waals surface area contributed by atoms with Crippen LogP contribution in [0.4, 0.5) is 5.69 Å². The van der Waals surface area contributed by atoms with Gasteiger partial charge in [-0.25, -0.2) is 4.99 Å². The van der Waals surface area contributed by atoms with Gasteiger partial charge in [-0.2, -0.15) is 9.36 Å². The van der Waals surface area contributed by atoms with Gasteiger partial charge in [-0.3, -0.25) is 0 Å².